The molecule has 1 atom stereocenters. The Hall–Kier alpha value is -1.67. The Bertz CT molecular complexity index is 585. The van der Waals surface area contributed by atoms with E-state index < -0.39 is 16.2 Å². The first-order valence-corrected chi connectivity index (χ1v) is 7.80. The second kappa shape index (κ2) is 5.76. The molecule has 0 aliphatic carbocycles. The van der Waals surface area contributed by atoms with Crippen LogP contribution < -0.4 is 4.72 Å². The molecular formula is C12H17N3O4S. The highest BCUT2D eigenvalue weighted by molar-refractivity contribution is 7.90. The first-order chi connectivity index (χ1) is 9.38. The Balaban J connectivity index is 2.09. The van der Waals surface area contributed by atoms with Gasteiger partial charge < -0.3 is 5.11 Å². The molecule has 20 heavy (non-hydrogen) atoms. The van der Waals surface area contributed by atoms with Crippen molar-refractivity contribution in [2.45, 2.75) is 19.8 Å². The largest absolute Gasteiger partial charge is 0.478 e. The lowest BCUT2D eigenvalue weighted by molar-refractivity contribution is 0.0696. The van der Waals surface area contributed by atoms with E-state index >= 15 is 0 Å². The minimum Gasteiger partial charge on any atom is -0.478 e. The predicted octanol–water partition coefficient (Wildman–Crippen LogP) is 1.17. The number of anilines is 1. The van der Waals surface area contributed by atoms with Crippen molar-refractivity contribution in [2.24, 2.45) is 5.92 Å². The van der Waals surface area contributed by atoms with Crippen molar-refractivity contribution in [3.05, 3.63) is 23.9 Å². The van der Waals surface area contributed by atoms with Gasteiger partial charge in [0.15, 0.2) is 0 Å². The number of carboxylic acids is 1. The maximum atomic E-state index is 12.2. The van der Waals surface area contributed by atoms with Crippen LogP contribution in [-0.2, 0) is 10.2 Å². The van der Waals surface area contributed by atoms with Crippen LogP contribution in [0.2, 0.25) is 0 Å². The molecule has 1 aromatic rings. The molecule has 2 heterocycles. The highest BCUT2D eigenvalue weighted by Gasteiger charge is 2.27. The summed E-state index contributed by atoms with van der Waals surface area (Å²) in [4.78, 5) is 14.5. The maximum absolute atomic E-state index is 12.2. The van der Waals surface area contributed by atoms with E-state index in [2.05, 4.69) is 9.71 Å². The molecule has 7 nitrogen and oxygen atoms in total. The van der Waals surface area contributed by atoms with Gasteiger partial charge in [0, 0.05) is 19.3 Å². The average Bonchev–Trinajstić information content (AvgIpc) is 2.39. The maximum Gasteiger partial charge on any atom is 0.337 e. The Kier molecular flexibility index (Phi) is 4.24. The SMILES string of the molecule is CC1CCCN(S(=O)(=O)Nc2ccc(C(=O)O)cn2)C1. The molecule has 2 N–H and O–H groups in total. The summed E-state index contributed by atoms with van der Waals surface area (Å²) in [6.07, 6.45) is 2.99. The fourth-order valence-corrected chi connectivity index (χ4v) is 3.48. The number of carbonyl (C=O) groups is 1. The molecule has 1 aromatic heterocycles. The number of carboxylic acid groups (broad SMARTS) is 1. The Labute approximate surface area is 117 Å². The number of rotatable bonds is 4. The molecule has 1 aliphatic rings. The molecular weight excluding hydrogens is 282 g/mol. The van der Waals surface area contributed by atoms with Gasteiger partial charge >= 0.3 is 16.2 Å². The van der Waals surface area contributed by atoms with Crippen LogP contribution in [0, 0.1) is 5.92 Å². The first kappa shape index (κ1) is 14.7. The number of hydrogen-bond acceptors (Lipinski definition) is 4. The third-order valence-electron chi connectivity index (χ3n) is 3.20. The van der Waals surface area contributed by atoms with E-state index in [1.165, 1.54) is 16.4 Å². The van der Waals surface area contributed by atoms with Gasteiger partial charge in [0.25, 0.3) is 0 Å². The third kappa shape index (κ3) is 3.45. The molecule has 110 valence electrons. The summed E-state index contributed by atoms with van der Waals surface area (Å²) >= 11 is 0. The van der Waals surface area contributed by atoms with E-state index in [0.29, 0.717) is 19.0 Å². The van der Waals surface area contributed by atoms with E-state index in [4.69, 9.17) is 5.11 Å². The lowest BCUT2D eigenvalue weighted by Gasteiger charge is -2.29. The van der Waals surface area contributed by atoms with Gasteiger partial charge in [0.05, 0.1) is 5.56 Å². The van der Waals surface area contributed by atoms with Crippen molar-refractivity contribution in [3.63, 3.8) is 0 Å². The van der Waals surface area contributed by atoms with E-state index in [9.17, 15) is 13.2 Å². The monoisotopic (exact) mass is 299 g/mol. The summed E-state index contributed by atoms with van der Waals surface area (Å²) in [6, 6.07) is 2.65. The van der Waals surface area contributed by atoms with Crippen molar-refractivity contribution in [3.8, 4) is 0 Å². The standard InChI is InChI=1S/C12H17N3O4S/c1-9-3-2-6-15(8-9)20(18,19)14-11-5-4-10(7-13-11)12(16)17/h4-5,7,9H,2-3,6,8H2,1H3,(H,13,14)(H,16,17). The Morgan fingerprint density at radius 2 is 2.25 bits per heavy atom. The van der Waals surface area contributed by atoms with Crippen LogP contribution in [0.5, 0.6) is 0 Å². The van der Waals surface area contributed by atoms with E-state index in [-0.39, 0.29) is 11.4 Å². The van der Waals surface area contributed by atoms with E-state index in [0.717, 1.165) is 19.0 Å². The number of pyridine rings is 1. The van der Waals surface area contributed by atoms with Gasteiger partial charge in [-0.15, -0.1) is 0 Å². The highest BCUT2D eigenvalue weighted by atomic mass is 32.2. The van der Waals surface area contributed by atoms with Gasteiger partial charge in [-0.05, 0) is 30.9 Å². The van der Waals surface area contributed by atoms with Gasteiger partial charge in [-0.3, -0.25) is 4.72 Å². The third-order valence-corrected chi connectivity index (χ3v) is 4.68. The molecule has 0 radical (unpaired) electrons. The van der Waals surface area contributed by atoms with Crippen LogP contribution in [0.1, 0.15) is 30.1 Å². The zero-order valence-corrected chi connectivity index (χ0v) is 11.9. The lowest BCUT2D eigenvalue weighted by Crippen LogP contribution is -2.42. The minimum atomic E-state index is -3.63. The number of piperidine rings is 1. The Morgan fingerprint density at radius 1 is 1.50 bits per heavy atom. The van der Waals surface area contributed by atoms with Gasteiger partial charge in [-0.2, -0.15) is 12.7 Å². The van der Waals surface area contributed by atoms with Gasteiger partial charge in [-0.1, -0.05) is 6.92 Å². The summed E-state index contributed by atoms with van der Waals surface area (Å²) in [6.45, 7) is 3.00. The summed E-state index contributed by atoms with van der Waals surface area (Å²) in [7, 11) is -3.63. The van der Waals surface area contributed by atoms with Crippen molar-refractivity contribution in [2.75, 3.05) is 17.8 Å². The van der Waals surface area contributed by atoms with Crippen LogP contribution in [0.3, 0.4) is 0 Å². The van der Waals surface area contributed by atoms with Crippen LogP contribution >= 0.6 is 0 Å². The van der Waals surface area contributed by atoms with Crippen molar-refractivity contribution in [1.82, 2.24) is 9.29 Å². The van der Waals surface area contributed by atoms with Crippen molar-refractivity contribution >= 4 is 22.0 Å². The molecule has 0 aromatic carbocycles. The van der Waals surface area contributed by atoms with Crippen LogP contribution in [0.25, 0.3) is 0 Å². The van der Waals surface area contributed by atoms with Gasteiger partial charge in [0.1, 0.15) is 5.82 Å². The second-order valence-electron chi connectivity index (χ2n) is 4.95. The fourth-order valence-electron chi connectivity index (χ4n) is 2.14. The number of nitrogens with one attached hydrogen (secondary N) is 1. The van der Waals surface area contributed by atoms with E-state index in [1.807, 2.05) is 6.92 Å². The van der Waals surface area contributed by atoms with Crippen molar-refractivity contribution < 1.29 is 18.3 Å². The average molecular weight is 299 g/mol. The molecule has 0 saturated carbocycles. The van der Waals surface area contributed by atoms with Gasteiger partial charge in [-0.25, -0.2) is 9.78 Å². The quantitative estimate of drug-likeness (QED) is 0.869. The Morgan fingerprint density at radius 3 is 2.80 bits per heavy atom. The summed E-state index contributed by atoms with van der Waals surface area (Å²) in [5, 5.41) is 8.75. The molecule has 0 amide bonds. The topological polar surface area (TPSA) is 99.6 Å². The molecule has 2 rings (SSSR count). The fraction of sp³-hybridized carbons (Fsp3) is 0.500. The zero-order valence-electron chi connectivity index (χ0n) is 11.1. The molecule has 1 unspecified atom stereocenters. The summed E-state index contributed by atoms with van der Waals surface area (Å²) in [5.74, 6) is -0.646. The molecule has 0 spiro atoms. The minimum absolute atomic E-state index is 0.0135. The number of aromatic nitrogens is 1. The number of hydrogen-bond donors (Lipinski definition) is 2. The molecule has 8 heteroatoms. The molecule has 0 bridgehead atoms. The van der Waals surface area contributed by atoms with Crippen LogP contribution in [-0.4, -0.2) is 41.9 Å². The summed E-state index contributed by atoms with van der Waals surface area (Å²) < 4.78 is 28.1. The normalized spacial score (nSPS) is 20.6. The zero-order chi connectivity index (χ0) is 14.8. The lowest BCUT2D eigenvalue weighted by atomic mass is 10.0. The van der Waals surface area contributed by atoms with E-state index in [1.54, 1.807) is 0 Å². The van der Waals surface area contributed by atoms with Crippen molar-refractivity contribution in [1.29, 1.82) is 0 Å². The van der Waals surface area contributed by atoms with Crippen LogP contribution in [0.4, 0.5) is 5.82 Å². The molecule has 1 aliphatic heterocycles. The van der Waals surface area contributed by atoms with Gasteiger partial charge in [0.2, 0.25) is 0 Å². The first-order valence-electron chi connectivity index (χ1n) is 6.36. The number of nitrogens with zero attached hydrogens (tertiary/aromatic N) is 2. The second-order valence-corrected chi connectivity index (χ2v) is 6.62. The molecule has 1 saturated heterocycles. The number of aromatic carboxylic acids is 1. The summed E-state index contributed by atoms with van der Waals surface area (Å²) in [5.41, 5.74) is 0.0135. The smallest absolute Gasteiger partial charge is 0.337 e. The van der Waals surface area contributed by atoms with Crippen LogP contribution in [0.15, 0.2) is 18.3 Å². The predicted molar refractivity (Wildman–Crippen MR) is 73.7 cm³/mol. The molecule has 1 fully saturated rings. The highest BCUT2D eigenvalue weighted by Crippen LogP contribution is 2.19.